The van der Waals surface area contributed by atoms with Crippen LogP contribution in [-0.2, 0) is 16.4 Å². The van der Waals surface area contributed by atoms with E-state index in [2.05, 4.69) is 5.32 Å². The molecule has 0 saturated carbocycles. The van der Waals surface area contributed by atoms with E-state index in [9.17, 15) is 13.2 Å². The van der Waals surface area contributed by atoms with E-state index >= 15 is 0 Å². The van der Waals surface area contributed by atoms with E-state index in [1.54, 1.807) is 36.4 Å². The van der Waals surface area contributed by atoms with Crippen LogP contribution in [0.3, 0.4) is 0 Å². The van der Waals surface area contributed by atoms with Crippen molar-refractivity contribution >= 4 is 39.1 Å². The fraction of sp³-hybridized carbons (Fsp3) is 0.316. The van der Waals surface area contributed by atoms with Gasteiger partial charge in [0.05, 0.1) is 15.5 Å². The van der Waals surface area contributed by atoms with Crippen molar-refractivity contribution in [3.63, 3.8) is 0 Å². The zero-order valence-electron chi connectivity index (χ0n) is 14.6. The first kappa shape index (κ1) is 20.1. The molecule has 0 atom stereocenters. The number of rotatable bonds is 6. The SMILES string of the molecule is O=C(NCCc1ccc(S(=O)(=O)N2CCCC2)cc1)c1ccc(Cl)cc1Cl. The Morgan fingerprint density at radius 1 is 1.04 bits per heavy atom. The van der Waals surface area contributed by atoms with Crippen LogP contribution in [0.15, 0.2) is 47.4 Å². The van der Waals surface area contributed by atoms with E-state index in [4.69, 9.17) is 23.2 Å². The topological polar surface area (TPSA) is 66.5 Å². The number of hydrogen-bond donors (Lipinski definition) is 1. The largest absolute Gasteiger partial charge is 0.352 e. The molecule has 0 aromatic heterocycles. The molecular formula is C19H20Cl2N2O3S. The van der Waals surface area contributed by atoms with Gasteiger partial charge < -0.3 is 5.32 Å². The molecule has 144 valence electrons. The van der Waals surface area contributed by atoms with Crippen LogP contribution < -0.4 is 5.32 Å². The summed E-state index contributed by atoms with van der Waals surface area (Å²) in [6.07, 6.45) is 2.41. The summed E-state index contributed by atoms with van der Waals surface area (Å²) in [7, 11) is -3.40. The predicted octanol–water partition coefficient (Wildman–Crippen LogP) is 3.75. The summed E-state index contributed by atoms with van der Waals surface area (Å²) in [5.41, 5.74) is 1.31. The molecule has 1 aliphatic rings. The first-order chi connectivity index (χ1) is 12.9. The van der Waals surface area contributed by atoms with Crippen molar-refractivity contribution in [2.75, 3.05) is 19.6 Å². The van der Waals surface area contributed by atoms with E-state index in [1.807, 2.05) is 0 Å². The van der Waals surface area contributed by atoms with Crippen molar-refractivity contribution in [2.24, 2.45) is 0 Å². The van der Waals surface area contributed by atoms with Gasteiger partial charge in [0, 0.05) is 24.7 Å². The maximum Gasteiger partial charge on any atom is 0.252 e. The van der Waals surface area contributed by atoms with Gasteiger partial charge in [-0.25, -0.2) is 8.42 Å². The monoisotopic (exact) mass is 426 g/mol. The van der Waals surface area contributed by atoms with Crippen LogP contribution in [0, 0.1) is 0 Å². The highest BCUT2D eigenvalue weighted by Gasteiger charge is 2.26. The van der Waals surface area contributed by atoms with Crippen LogP contribution >= 0.6 is 23.2 Å². The highest BCUT2D eigenvalue weighted by molar-refractivity contribution is 7.89. The maximum atomic E-state index is 12.5. The van der Waals surface area contributed by atoms with Crippen LogP contribution in [0.5, 0.6) is 0 Å². The molecule has 1 fully saturated rings. The Kier molecular flexibility index (Phi) is 6.42. The predicted molar refractivity (Wildman–Crippen MR) is 107 cm³/mol. The molecule has 0 unspecified atom stereocenters. The molecule has 8 heteroatoms. The van der Waals surface area contributed by atoms with Crippen molar-refractivity contribution < 1.29 is 13.2 Å². The molecule has 27 heavy (non-hydrogen) atoms. The van der Waals surface area contributed by atoms with Gasteiger partial charge >= 0.3 is 0 Å². The molecule has 2 aromatic carbocycles. The van der Waals surface area contributed by atoms with Gasteiger partial charge in [0.25, 0.3) is 5.91 Å². The molecule has 1 amide bonds. The second-order valence-electron chi connectivity index (χ2n) is 6.39. The molecule has 3 rings (SSSR count). The third-order valence-corrected chi connectivity index (χ3v) is 6.96. The van der Waals surface area contributed by atoms with E-state index < -0.39 is 10.0 Å². The molecule has 1 N–H and O–H groups in total. The zero-order chi connectivity index (χ0) is 19.4. The van der Waals surface area contributed by atoms with E-state index in [1.165, 1.54) is 10.4 Å². The number of hydrogen-bond acceptors (Lipinski definition) is 3. The Balaban J connectivity index is 1.56. The second-order valence-corrected chi connectivity index (χ2v) is 9.17. The average Bonchev–Trinajstić information content (AvgIpc) is 3.17. The molecule has 1 aliphatic heterocycles. The molecule has 0 aliphatic carbocycles. The minimum atomic E-state index is -3.40. The lowest BCUT2D eigenvalue weighted by atomic mass is 10.1. The summed E-state index contributed by atoms with van der Waals surface area (Å²) < 4.78 is 26.5. The van der Waals surface area contributed by atoms with Crippen molar-refractivity contribution in [3.05, 3.63) is 63.6 Å². The highest BCUT2D eigenvalue weighted by atomic mass is 35.5. The van der Waals surface area contributed by atoms with Gasteiger partial charge in [-0.1, -0.05) is 35.3 Å². The second kappa shape index (κ2) is 8.61. The molecule has 0 bridgehead atoms. The van der Waals surface area contributed by atoms with Crippen molar-refractivity contribution in [1.82, 2.24) is 9.62 Å². The third kappa shape index (κ3) is 4.82. The van der Waals surface area contributed by atoms with Gasteiger partial charge in [0.15, 0.2) is 0 Å². The minimum absolute atomic E-state index is 0.273. The number of sulfonamides is 1. The Labute approximate surface area is 169 Å². The smallest absolute Gasteiger partial charge is 0.252 e. The normalized spacial score (nSPS) is 15.0. The number of carbonyl (C=O) groups is 1. The number of halogens is 2. The standard InChI is InChI=1S/C19H20Cl2N2O3S/c20-15-5-8-17(18(21)13-15)19(24)22-10-9-14-3-6-16(7-4-14)27(25,26)23-11-1-2-12-23/h3-8,13H,1-2,9-12H2,(H,22,24). The van der Waals surface area contributed by atoms with Gasteiger partial charge in [-0.05, 0) is 55.2 Å². The highest BCUT2D eigenvalue weighted by Crippen LogP contribution is 2.22. The molecule has 2 aromatic rings. The van der Waals surface area contributed by atoms with Crippen LogP contribution in [0.4, 0.5) is 0 Å². The van der Waals surface area contributed by atoms with Crippen molar-refractivity contribution in [3.8, 4) is 0 Å². The lowest BCUT2D eigenvalue weighted by Gasteiger charge is -2.15. The summed E-state index contributed by atoms with van der Waals surface area (Å²) in [5, 5.41) is 3.58. The Hall–Kier alpha value is -1.60. The van der Waals surface area contributed by atoms with E-state index in [-0.39, 0.29) is 5.91 Å². The van der Waals surface area contributed by atoms with Crippen LogP contribution in [-0.4, -0.2) is 38.3 Å². The summed E-state index contributed by atoms with van der Waals surface area (Å²) in [4.78, 5) is 12.5. The van der Waals surface area contributed by atoms with E-state index in [0.29, 0.717) is 46.6 Å². The quantitative estimate of drug-likeness (QED) is 0.764. The van der Waals surface area contributed by atoms with Crippen molar-refractivity contribution in [1.29, 1.82) is 0 Å². The number of amides is 1. The van der Waals surface area contributed by atoms with Crippen molar-refractivity contribution in [2.45, 2.75) is 24.2 Å². The molecule has 0 spiro atoms. The minimum Gasteiger partial charge on any atom is -0.352 e. The zero-order valence-corrected chi connectivity index (χ0v) is 16.9. The average molecular weight is 427 g/mol. The van der Waals surface area contributed by atoms with Gasteiger partial charge in [-0.3, -0.25) is 4.79 Å². The van der Waals surface area contributed by atoms with Gasteiger partial charge in [-0.2, -0.15) is 4.31 Å². The number of carbonyl (C=O) groups excluding carboxylic acids is 1. The molecule has 5 nitrogen and oxygen atoms in total. The summed E-state index contributed by atoms with van der Waals surface area (Å²) in [6, 6.07) is 11.5. The number of nitrogens with zero attached hydrogens (tertiary/aromatic N) is 1. The Morgan fingerprint density at radius 2 is 1.70 bits per heavy atom. The summed E-state index contributed by atoms with van der Waals surface area (Å²) in [6.45, 7) is 1.59. The lowest BCUT2D eigenvalue weighted by molar-refractivity contribution is 0.0954. The van der Waals surface area contributed by atoms with Gasteiger partial charge in [-0.15, -0.1) is 0 Å². The Morgan fingerprint density at radius 3 is 2.33 bits per heavy atom. The van der Waals surface area contributed by atoms with Gasteiger partial charge in [0.1, 0.15) is 0 Å². The van der Waals surface area contributed by atoms with Gasteiger partial charge in [0.2, 0.25) is 10.0 Å². The summed E-state index contributed by atoms with van der Waals surface area (Å²) >= 11 is 11.9. The van der Waals surface area contributed by atoms with Crippen LogP contribution in [0.1, 0.15) is 28.8 Å². The number of nitrogens with one attached hydrogen (secondary N) is 1. The fourth-order valence-electron chi connectivity index (χ4n) is 2.99. The summed E-state index contributed by atoms with van der Waals surface area (Å²) in [5.74, 6) is -0.273. The molecule has 1 saturated heterocycles. The maximum absolute atomic E-state index is 12.5. The Bertz CT molecular complexity index is 924. The van der Waals surface area contributed by atoms with E-state index in [0.717, 1.165) is 18.4 Å². The molecular weight excluding hydrogens is 407 g/mol. The fourth-order valence-corrected chi connectivity index (χ4v) is 5.01. The third-order valence-electron chi connectivity index (χ3n) is 4.50. The molecule has 1 heterocycles. The molecule has 0 radical (unpaired) electrons. The first-order valence-electron chi connectivity index (χ1n) is 8.70. The first-order valence-corrected chi connectivity index (χ1v) is 10.9. The lowest BCUT2D eigenvalue weighted by Crippen LogP contribution is -2.28. The van der Waals surface area contributed by atoms with Crippen LogP contribution in [0.25, 0.3) is 0 Å². The van der Waals surface area contributed by atoms with Crippen LogP contribution in [0.2, 0.25) is 10.0 Å². The number of benzene rings is 2.